The summed E-state index contributed by atoms with van der Waals surface area (Å²) in [6.45, 7) is 3.87. The van der Waals surface area contributed by atoms with Crippen LogP contribution in [0.5, 0.6) is 0 Å². The maximum atomic E-state index is 5.60. The van der Waals surface area contributed by atoms with E-state index >= 15 is 0 Å². The zero-order valence-electron chi connectivity index (χ0n) is 9.56. The second kappa shape index (κ2) is 6.23. The van der Waals surface area contributed by atoms with E-state index in [4.69, 9.17) is 5.73 Å². The van der Waals surface area contributed by atoms with Crippen molar-refractivity contribution in [3.63, 3.8) is 0 Å². The lowest BCUT2D eigenvalue weighted by atomic mass is 10.2. The fraction of sp³-hybridized carbons (Fsp3) is 0.583. The van der Waals surface area contributed by atoms with Crippen LogP contribution in [0.4, 0.5) is 0 Å². The number of rotatable bonds is 3. The zero-order valence-corrected chi connectivity index (χ0v) is 10.4. The van der Waals surface area contributed by atoms with E-state index in [0.717, 1.165) is 17.9 Å². The summed E-state index contributed by atoms with van der Waals surface area (Å²) in [5.41, 5.74) is 7.73. The predicted octanol–water partition coefficient (Wildman–Crippen LogP) is 1.48. The monoisotopic (exact) mass is 237 g/mol. The highest BCUT2D eigenvalue weighted by molar-refractivity contribution is 7.99. The van der Waals surface area contributed by atoms with Gasteiger partial charge in [0.1, 0.15) is 0 Å². The van der Waals surface area contributed by atoms with Gasteiger partial charge >= 0.3 is 0 Å². The Kier molecular flexibility index (Phi) is 4.63. The molecule has 1 aliphatic rings. The molecular formula is C12H19N3S. The SMILES string of the molecule is NCc1cccc(CN2CCCSCC2)n1. The molecular weight excluding hydrogens is 218 g/mol. The number of hydrogen-bond acceptors (Lipinski definition) is 4. The topological polar surface area (TPSA) is 42.1 Å². The minimum absolute atomic E-state index is 0.531. The first-order valence-electron chi connectivity index (χ1n) is 5.83. The molecule has 2 heterocycles. The van der Waals surface area contributed by atoms with E-state index < -0.39 is 0 Å². The molecule has 2 N–H and O–H groups in total. The van der Waals surface area contributed by atoms with Crippen molar-refractivity contribution in [3.05, 3.63) is 29.6 Å². The van der Waals surface area contributed by atoms with Crippen molar-refractivity contribution in [1.29, 1.82) is 0 Å². The highest BCUT2D eigenvalue weighted by Crippen LogP contribution is 2.12. The van der Waals surface area contributed by atoms with E-state index in [1.807, 2.05) is 6.07 Å². The van der Waals surface area contributed by atoms with Crippen LogP contribution in [0, 0.1) is 0 Å². The standard InChI is InChI=1S/C12H19N3S/c13-9-11-3-1-4-12(14-11)10-15-5-2-7-16-8-6-15/h1,3-4H,2,5-10,13H2. The number of nitrogens with two attached hydrogens (primary N) is 1. The van der Waals surface area contributed by atoms with Crippen LogP contribution in [0.3, 0.4) is 0 Å². The normalized spacial score (nSPS) is 18.3. The van der Waals surface area contributed by atoms with Gasteiger partial charge in [0.2, 0.25) is 0 Å². The van der Waals surface area contributed by atoms with Crippen molar-refractivity contribution in [2.75, 3.05) is 24.6 Å². The lowest BCUT2D eigenvalue weighted by molar-refractivity contribution is 0.284. The first kappa shape index (κ1) is 11.9. The number of pyridine rings is 1. The Labute approximate surface area is 101 Å². The predicted molar refractivity (Wildman–Crippen MR) is 69.3 cm³/mol. The van der Waals surface area contributed by atoms with Gasteiger partial charge in [0.15, 0.2) is 0 Å². The van der Waals surface area contributed by atoms with Gasteiger partial charge in [-0.05, 0) is 30.9 Å². The third-order valence-electron chi connectivity index (χ3n) is 2.77. The fourth-order valence-corrected chi connectivity index (χ4v) is 2.84. The van der Waals surface area contributed by atoms with Crippen molar-refractivity contribution >= 4 is 11.8 Å². The quantitative estimate of drug-likeness (QED) is 0.864. The van der Waals surface area contributed by atoms with E-state index in [0.29, 0.717) is 6.54 Å². The summed E-state index contributed by atoms with van der Waals surface area (Å²) in [4.78, 5) is 7.03. The van der Waals surface area contributed by atoms with Gasteiger partial charge in [-0.25, -0.2) is 0 Å². The largest absolute Gasteiger partial charge is 0.325 e. The summed E-state index contributed by atoms with van der Waals surface area (Å²) in [6, 6.07) is 6.13. The molecule has 0 atom stereocenters. The van der Waals surface area contributed by atoms with Gasteiger partial charge in [0.05, 0.1) is 11.4 Å². The third kappa shape index (κ3) is 3.47. The third-order valence-corrected chi connectivity index (χ3v) is 3.82. The van der Waals surface area contributed by atoms with E-state index in [2.05, 4.69) is 33.8 Å². The molecule has 0 aliphatic carbocycles. The molecule has 0 saturated carbocycles. The summed E-state index contributed by atoms with van der Waals surface area (Å²) < 4.78 is 0. The minimum atomic E-state index is 0.531. The van der Waals surface area contributed by atoms with Gasteiger partial charge in [0.25, 0.3) is 0 Å². The average Bonchev–Trinajstić information content (AvgIpc) is 2.58. The number of hydrogen-bond donors (Lipinski definition) is 1. The lowest BCUT2D eigenvalue weighted by Gasteiger charge is -2.18. The zero-order chi connectivity index (χ0) is 11.2. The van der Waals surface area contributed by atoms with Crippen molar-refractivity contribution in [2.45, 2.75) is 19.5 Å². The first-order valence-corrected chi connectivity index (χ1v) is 6.99. The van der Waals surface area contributed by atoms with Crippen LogP contribution in [-0.2, 0) is 13.1 Å². The Morgan fingerprint density at radius 1 is 1.25 bits per heavy atom. The molecule has 1 aromatic heterocycles. The smallest absolute Gasteiger partial charge is 0.0547 e. The van der Waals surface area contributed by atoms with Crippen LogP contribution in [0.15, 0.2) is 18.2 Å². The number of thioether (sulfide) groups is 1. The molecule has 2 rings (SSSR count). The first-order chi connectivity index (χ1) is 7.88. The average molecular weight is 237 g/mol. The Morgan fingerprint density at radius 2 is 2.12 bits per heavy atom. The fourth-order valence-electron chi connectivity index (χ4n) is 1.92. The molecule has 0 amide bonds. The van der Waals surface area contributed by atoms with Crippen LogP contribution in [0.1, 0.15) is 17.8 Å². The highest BCUT2D eigenvalue weighted by Gasteiger charge is 2.10. The molecule has 1 aromatic rings. The van der Waals surface area contributed by atoms with Crippen molar-refractivity contribution in [2.24, 2.45) is 5.73 Å². The Bertz CT molecular complexity index is 322. The summed E-state index contributed by atoms with van der Waals surface area (Å²) in [5.74, 6) is 2.54. The van der Waals surface area contributed by atoms with E-state index in [-0.39, 0.29) is 0 Å². The molecule has 0 aromatic carbocycles. The molecule has 3 nitrogen and oxygen atoms in total. The lowest BCUT2D eigenvalue weighted by Crippen LogP contribution is -2.26. The molecule has 0 radical (unpaired) electrons. The van der Waals surface area contributed by atoms with Crippen LogP contribution >= 0.6 is 11.8 Å². The Hall–Kier alpha value is -0.580. The second-order valence-corrected chi connectivity index (χ2v) is 5.29. The molecule has 4 heteroatoms. The van der Waals surface area contributed by atoms with Gasteiger partial charge in [-0.1, -0.05) is 6.07 Å². The molecule has 0 bridgehead atoms. The molecule has 0 spiro atoms. The summed E-state index contributed by atoms with van der Waals surface area (Å²) >= 11 is 2.06. The van der Waals surface area contributed by atoms with E-state index in [9.17, 15) is 0 Å². The highest BCUT2D eigenvalue weighted by atomic mass is 32.2. The molecule has 1 aliphatic heterocycles. The molecule has 88 valence electrons. The van der Waals surface area contributed by atoms with Crippen molar-refractivity contribution in [1.82, 2.24) is 9.88 Å². The maximum absolute atomic E-state index is 5.60. The van der Waals surface area contributed by atoms with E-state index in [1.54, 1.807) is 0 Å². The van der Waals surface area contributed by atoms with Gasteiger partial charge in [-0.15, -0.1) is 0 Å². The summed E-state index contributed by atoms with van der Waals surface area (Å²) in [7, 11) is 0. The van der Waals surface area contributed by atoms with Crippen molar-refractivity contribution in [3.8, 4) is 0 Å². The van der Waals surface area contributed by atoms with Crippen molar-refractivity contribution < 1.29 is 0 Å². The molecule has 0 unspecified atom stereocenters. The molecule has 1 saturated heterocycles. The van der Waals surface area contributed by atoms with Gasteiger partial charge in [0, 0.05) is 25.4 Å². The summed E-state index contributed by atoms with van der Waals surface area (Å²) in [6.07, 6.45) is 1.29. The van der Waals surface area contributed by atoms with Crippen LogP contribution in [0.2, 0.25) is 0 Å². The van der Waals surface area contributed by atoms with Crippen LogP contribution < -0.4 is 5.73 Å². The van der Waals surface area contributed by atoms with Gasteiger partial charge < -0.3 is 5.73 Å². The van der Waals surface area contributed by atoms with Crippen LogP contribution in [0.25, 0.3) is 0 Å². The minimum Gasteiger partial charge on any atom is -0.325 e. The summed E-state index contributed by atoms with van der Waals surface area (Å²) in [5, 5.41) is 0. The Balaban J connectivity index is 1.96. The number of nitrogens with zero attached hydrogens (tertiary/aromatic N) is 2. The van der Waals surface area contributed by atoms with Gasteiger partial charge in [-0.2, -0.15) is 11.8 Å². The van der Waals surface area contributed by atoms with Crippen LogP contribution in [-0.4, -0.2) is 34.5 Å². The number of aromatic nitrogens is 1. The molecule has 16 heavy (non-hydrogen) atoms. The maximum Gasteiger partial charge on any atom is 0.0547 e. The Morgan fingerprint density at radius 3 is 3.00 bits per heavy atom. The van der Waals surface area contributed by atoms with Gasteiger partial charge in [-0.3, -0.25) is 9.88 Å². The molecule has 1 fully saturated rings. The van der Waals surface area contributed by atoms with E-state index in [1.165, 1.54) is 31.0 Å². The second-order valence-electron chi connectivity index (χ2n) is 4.07.